The van der Waals surface area contributed by atoms with Gasteiger partial charge >= 0.3 is 6.18 Å². The van der Waals surface area contributed by atoms with Crippen molar-refractivity contribution < 1.29 is 18.3 Å². The molecule has 0 aliphatic rings. The lowest BCUT2D eigenvalue weighted by Crippen LogP contribution is -2.07. The van der Waals surface area contributed by atoms with Gasteiger partial charge in [-0.15, -0.1) is 0 Å². The fourth-order valence-corrected chi connectivity index (χ4v) is 2.26. The molecular formula is C13H14F3NO. The van der Waals surface area contributed by atoms with Crippen LogP contribution in [0.2, 0.25) is 0 Å². The Labute approximate surface area is 103 Å². The lowest BCUT2D eigenvalue weighted by atomic mass is 10.0. The van der Waals surface area contributed by atoms with Gasteiger partial charge in [-0.05, 0) is 18.6 Å². The van der Waals surface area contributed by atoms with Crippen molar-refractivity contribution >= 4 is 10.9 Å². The van der Waals surface area contributed by atoms with Crippen LogP contribution in [0.25, 0.3) is 10.9 Å². The number of rotatable bonds is 2. The molecule has 0 saturated heterocycles. The smallest absolute Gasteiger partial charge is 0.393 e. The first kappa shape index (κ1) is 13.0. The fourth-order valence-electron chi connectivity index (χ4n) is 2.26. The minimum Gasteiger partial charge on any atom is -0.393 e. The van der Waals surface area contributed by atoms with Crippen molar-refractivity contribution in [3.05, 3.63) is 35.5 Å². The van der Waals surface area contributed by atoms with Crippen molar-refractivity contribution in [2.75, 3.05) is 0 Å². The molecule has 2 nitrogen and oxygen atoms in total. The maximum absolute atomic E-state index is 12.9. The Morgan fingerprint density at radius 3 is 2.56 bits per heavy atom. The summed E-state index contributed by atoms with van der Waals surface area (Å²) in [6.45, 7) is 1.62. The molecule has 0 spiro atoms. The molecule has 1 aromatic carbocycles. The van der Waals surface area contributed by atoms with E-state index >= 15 is 0 Å². The molecule has 1 atom stereocenters. The van der Waals surface area contributed by atoms with Crippen LogP contribution in [0.5, 0.6) is 0 Å². The first-order chi connectivity index (χ1) is 8.30. The molecule has 1 heterocycles. The Balaban J connectivity index is 2.68. The normalized spacial score (nSPS) is 14.1. The molecule has 98 valence electrons. The summed E-state index contributed by atoms with van der Waals surface area (Å²) in [6.07, 6.45) is -2.95. The second kappa shape index (κ2) is 4.31. The number of aryl methyl sites for hydroxylation is 1. The lowest BCUT2D eigenvalue weighted by Gasteiger charge is -2.09. The molecule has 0 amide bonds. The zero-order valence-corrected chi connectivity index (χ0v) is 10.1. The average Bonchev–Trinajstić information content (AvgIpc) is 2.54. The van der Waals surface area contributed by atoms with Crippen molar-refractivity contribution in [2.24, 2.45) is 7.05 Å². The van der Waals surface area contributed by atoms with Crippen LogP contribution in [0.4, 0.5) is 13.2 Å². The van der Waals surface area contributed by atoms with Crippen LogP contribution in [0.1, 0.15) is 18.1 Å². The second-order valence-corrected chi connectivity index (χ2v) is 4.52. The molecule has 0 radical (unpaired) electrons. The average molecular weight is 257 g/mol. The molecule has 0 aliphatic carbocycles. The zero-order valence-electron chi connectivity index (χ0n) is 10.1. The number of alkyl halides is 3. The largest absolute Gasteiger partial charge is 0.418 e. The number of aliphatic hydroxyl groups is 1. The molecule has 2 rings (SSSR count). The number of hydrogen-bond acceptors (Lipinski definition) is 1. The Morgan fingerprint density at radius 1 is 1.33 bits per heavy atom. The quantitative estimate of drug-likeness (QED) is 0.878. The van der Waals surface area contributed by atoms with Gasteiger partial charge in [-0.3, -0.25) is 0 Å². The van der Waals surface area contributed by atoms with Gasteiger partial charge in [-0.1, -0.05) is 12.1 Å². The van der Waals surface area contributed by atoms with Crippen LogP contribution >= 0.6 is 0 Å². The summed E-state index contributed by atoms with van der Waals surface area (Å²) in [6, 6.07) is 4.13. The third-order valence-corrected chi connectivity index (χ3v) is 2.90. The standard InChI is InChI=1S/C13H14F3NO/c1-8(18)6-9-7-17(2)12-10(9)4-3-5-11(12)13(14,15)16/h3-5,7-8,18H,6H2,1-2H3. The van der Waals surface area contributed by atoms with Crippen molar-refractivity contribution in [3.63, 3.8) is 0 Å². The van der Waals surface area contributed by atoms with Gasteiger partial charge in [0, 0.05) is 25.1 Å². The van der Waals surface area contributed by atoms with E-state index < -0.39 is 17.8 Å². The molecule has 0 aliphatic heterocycles. The summed E-state index contributed by atoms with van der Waals surface area (Å²) in [5.74, 6) is 0. The Hall–Kier alpha value is -1.49. The third-order valence-electron chi connectivity index (χ3n) is 2.90. The highest BCUT2D eigenvalue weighted by molar-refractivity contribution is 5.87. The van der Waals surface area contributed by atoms with E-state index in [2.05, 4.69) is 0 Å². The minimum atomic E-state index is -4.37. The summed E-state index contributed by atoms with van der Waals surface area (Å²) in [7, 11) is 1.59. The highest BCUT2D eigenvalue weighted by Crippen LogP contribution is 2.36. The van der Waals surface area contributed by atoms with E-state index in [9.17, 15) is 18.3 Å². The zero-order chi connectivity index (χ0) is 13.5. The van der Waals surface area contributed by atoms with Gasteiger partial charge in [-0.25, -0.2) is 0 Å². The molecule has 0 bridgehead atoms. The Morgan fingerprint density at radius 2 is 2.00 bits per heavy atom. The molecule has 1 unspecified atom stereocenters. The molecule has 18 heavy (non-hydrogen) atoms. The van der Waals surface area contributed by atoms with Crippen molar-refractivity contribution in [3.8, 4) is 0 Å². The third kappa shape index (κ3) is 2.22. The van der Waals surface area contributed by atoms with Gasteiger partial charge in [0.25, 0.3) is 0 Å². The molecule has 1 aromatic heterocycles. The van der Waals surface area contributed by atoms with Crippen LogP contribution < -0.4 is 0 Å². The number of aliphatic hydroxyl groups excluding tert-OH is 1. The first-order valence-electron chi connectivity index (χ1n) is 5.63. The molecule has 5 heteroatoms. The summed E-state index contributed by atoms with van der Waals surface area (Å²) in [5.41, 5.74) is 0.258. The van der Waals surface area contributed by atoms with Crippen LogP contribution in [0.15, 0.2) is 24.4 Å². The number of para-hydroxylation sites is 1. The van der Waals surface area contributed by atoms with Gasteiger partial charge in [0.05, 0.1) is 17.2 Å². The maximum Gasteiger partial charge on any atom is 0.418 e. The highest BCUT2D eigenvalue weighted by atomic mass is 19.4. The van der Waals surface area contributed by atoms with Crippen LogP contribution in [0, 0.1) is 0 Å². The number of halogens is 3. The molecular weight excluding hydrogens is 243 g/mol. The maximum atomic E-state index is 12.9. The first-order valence-corrected chi connectivity index (χ1v) is 5.63. The number of nitrogens with zero attached hydrogens (tertiary/aromatic N) is 1. The van der Waals surface area contributed by atoms with Crippen LogP contribution in [0.3, 0.4) is 0 Å². The minimum absolute atomic E-state index is 0.167. The molecule has 0 saturated carbocycles. The van der Waals surface area contributed by atoms with E-state index in [1.54, 1.807) is 26.2 Å². The van der Waals surface area contributed by atoms with E-state index in [4.69, 9.17) is 0 Å². The highest BCUT2D eigenvalue weighted by Gasteiger charge is 2.33. The van der Waals surface area contributed by atoms with E-state index in [0.717, 1.165) is 11.6 Å². The number of aromatic nitrogens is 1. The summed E-state index contributed by atoms with van der Waals surface area (Å²) in [4.78, 5) is 0. The van der Waals surface area contributed by atoms with Crippen LogP contribution in [-0.4, -0.2) is 15.8 Å². The topological polar surface area (TPSA) is 25.2 Å². The van der Waals surface area contributed by atoms with E-state index in [0.29, 0.717) is 11.8 Å². The van der Waals surface area contributed by atoms with E-state index in [-0.39, 0.29) is 5.52 Å². The van der Waals surface area contributed by atoms with Crippen molar-refractivity contribution in [1.29, 1.82) is 0 Å². The fraction of sp³-hybridized carbons (Fsp3) is 0.385. The number of fused-ring (bicyclic) bond motifs is 1. The lowest BCUT2D eigenvalue weighted by molar-refractivity contribution is -0.136. The molecule has 0 fully saturated rings. The summed E-state index contributed by atoms with van der Waals surface area (Å²) < 4.78 is 40.2. The summed E-state index contributed by atoms with van der Waals surface area (Å²) in [5, 5.41) is 9.92. The molecule has 1 N–H and O–H groups in total. The van der Waals surface area contributed by atoms with Gasteiger partial charge < -0.3 is 9.67 Å². The number of benzene rings is 1. The van der Waals surface area contributed by atoms with Crippen molar-refractivity contribution in [2.45, 2.75) is 25.6 Å². The van der Waals surface area contributed by atoms with Crippen molar-refractivity contribution in [1.82, 2.24) is 4.57 Å². The summed E-state index contributed by atoms with van der Waals surface area (Å²) >= 11 is 0. The SMILES string of the molecule is CC(O)Cc1cn(C)c2c(C(F)(F)F)cccc12. The van der Waals surface area contributed by atoms with E-state index in [1.165, 1.54) is 10.6 Å². The van der Waals surface area contributed by atoms with Gasteiger partial charge in [0.15, 0.2) is 0 Å². The monoisotopic (exact) mass is 257 g/mol. The van der Waals surface area contributed by atoms with Crippen LogP contribution in [-0.2, 0) is 19.6 Å². The van der Waals surface area contributed by atoms with Gasteiger partial charge in [0.1, 0.15) is 0 Å². The predicted octanol–water partition coefficient (Wildman–Crippen LogP) is 3.12. The number of hydrogen-bond donors (Lipinski definition) is 1. The predicted molar refractivity (Wildman–Crippen MR) is 63.3 cm³/mol. The second-order valence-electron chi connectivity index (χ2n) is 4.52. The Kier molecular flexibility index (Phi) is 3.11. The molecule has 2 aromatic rings. The Bertz CT molecular complexity index is 569. The van der Waals surface area contributed by atoms with Gasteiger partial charge in [-0.2, -0.15) is 13.2 Å². The van der Waals surface area contributed by atoms with Gasteiger partial charge in [0.2, 0.25) is 0 Å². The van der Waals surface area contributed by atoms with E-state index in [1.807, 2.05) is 0 Å².